The lowest BCUT2D eigenvalue weighted by Gasteiger charge is -2.18. The van der Waals surface area contributed by atoms with Crippen LogP contribution in [0.4, 0.5) is 5.69 Å². The fourth-order valence-corrected chi connectivity index (χ4v) is 3.62. The first-order valence-electron chi connectivity index (χ1n) is 6.22. The number of hydrogen-bond donors (Lipinski definition) is 0. The molecule has 0 fully saturated rings. The van der Waals surface area contributed by atoms with Crippen LogP contribution in [0, 0.1) is 0 Å². The third-order valence-corrected chi connectivity index (χ3v) is 5.11. The summed E-state index contributed by atoms with van der Waals surface area (Å²) in [7, 11) is 1.45. The van der Waals surface area contributed by atoms with Gasteiger partial charge in [-0.25, -0.2) is 8.42 Å². The number of benzene rings is 2. The molecule has 2 rings (SSSR count). The van der Waals surface area contributed by atoms with E-state index in [0.717, 1.165) is 0 Å². The van der Waals surface area contributed by atoms with Crippen LogP contribution < -0.4 is 9.64 Å². The lowest BCUT2D eigenvalue weighted by atomic mass is 10.3. The van der Waals surface area contributed by atoms with Crippen LogP contribution in [-0.2, 0) is 9.84 Å². The van der Waals surface area contributed by atoms with Crippen molar-refractivity contribution in [3.8, 4) is 5.75 Å². The summed E-state index contributed by atoms with van der Waals surface area (Å²) in [4.78, 5) is 2.15. The fourth-order valence-electron chi connectivity index (χ4n) is 1.95. The van der Waals surface area contributed by atoms with Gasteiger partial charge in [-0.05, 0) is 36.4 Å². The van der Waals surface area contributed by atoms with Crippen molar-refractivity contribution in [1.29, 1.82) is 0 Å². The molecule has 0 unspecified atom stereocenters. The largest absolute Gasteiger partial charge is 0.497 e. The summed E-state index contributed by atoms with van der Waals surface area (Å²) in [6.07, 6.45) is 0. The molecule has 0 atom stereocenters. The molecule has 6 heteroatoms. The molecular formula is C15H16ClNO3S. The third kappa shape index (κ3) is 3.14. The third-order valence-electron chi connectivity index (χ3n) is 3.06. The van der Waals surface area contributed by atoms with Crippen molar-refractivity contribution >= 4 is 27.1 Å². The summed E-state index contributed by atoms with van der Waals surface area (Å²) in [6, 6.07) is 11.1. The van der Waals surface area contributed by atoms with Crippen LogP contribution in [0.1, 0.15) is 0 Å². The SMILES string of the molecule is COc1ccc(N(C)C)c(S(=O)(=O)c2ccc(Cl)cc2)c1. The monoisotopic (exact) mass is 325 g/mol. The van der Waals surface area contributed by atoms with Gasteiger partial charge in [-0.1, -0.05) is 11.6 Å². The molecule has 0 spiro atoms. The molecule has 0 aliphatic heterocycles. The van der Waals surface area contributed by atoms with Crippen molar-refractivity contribution in [3.63, 3.8) is 0 Å². The highest BCUT2D eigenvalue weighted by Gasteiger charge is 2.23. The predicted molar refractivity (Wildman–Crippen MR) is 84.2 cm³/mol. The molecule has 0 amide bonds. The van der Waals surface area contributed by atoms with Crippen molar-refractivity contribution in [3.05, 3.63) is 47.5 Å². The van der Waals surface area contributed by atoms with Crippen LogP contribution in [0.2, 0.25) is 5.02 Å². The van der Waals surface area contributed by atoms with E-state index in [4.69, 9.17) is 16.3 Å². The highest BCUT2D eigenvalue weighted by molar-refractivity contribution is 7.91. The zero-order valence-corrected chi connectivity index (χ0v) is 13.6. The molecular weight excluding hydrogens is 310 g/mol. The van der Waals surface area contributed by atoms with E-state index < -0.39 is 9.84 Å². The molecule has 0 saturated carbocycles. The topological polar surface area (TPSA) is 46.6 Å². The van der Waals surface area contributed by atoms with Crippen LogP contribution in [0.5, 0.6) is 5.75 Å². The Morgan fingerprint density at radius 1 is 1.05 bits per heavy atom. The van der Waals surface area contributed by atoms with Crippen molar-refractivity contribution < 1.29 is 13.2 Å². The van der Waals surface area contributed by atoms with Crippen LogP contribution in [-0.4, -0.2) is 29.6 Å². The molecule has 2 aromatic rings. The maximum absolute atomic E-state index is 12.8. The lowest BCUT2D eigenvalue weighted by Crippen LogP contribution is -2.14. The van der Waals surface area contributed by atoms with Crippen LogP contribution >= 0.6 is 11.6 Å². The molecule has 4 nitrogen and oxygen atoms in total. The maximum atomic E-state index is 12.8. The number of rotatable bonds is 4. The quantitative estimate of drug-likeness (QED) is 0.865. The summed E-state index contributed by atoms with van der Waals surface area (Å²) in [5.74, 6) is 0.494. The number of sulfone groups is 1. The summed E-state index contributed by atoms with van der Waals surface area (Å²) in [5.41, 5.74) is 0.603. The molecule has 21 heavy (non-hydrogen) atoms. The lowest BCUT2D eigenvalue weighted by molar-refractivity contribution is 0.413. The Morgan fingerprint density at radius 3 is 2.19 bits per heavy atom. The van der Waals surface area contributed by atoms with E-state index in [1.807, 2.05) is 0 Å². The first-order valence-corrected chi connectivity index (χ1v) is 8.08. The molecule has 0 bridgehead atoms. The van der Waals surface area contributed by atoms with Gasteiger partial charge in [0.2, 0.25) is 9.84 Å². The molecule has 0 radical (unpaired) electrons. The van der Waals surface area contributed by atoms with Crippen molar-refractivity contribution in [2.75, 3.05) is 26.1 Å². The minimum absolute atomic E-state index is 0.197. The zero-order chi connectivity index (χ0) is 15.6. The molecule has 0 N–H and O–H groups in total. The van der Waals surface area contributed by atoms with E-state index in [1.54, 1.807) is 43.3 Å². The van der Waals surface area contributed by atoms with Gasteiger partial charge in [-0.15, -0.1) is 0 Å². The number of hydrogen-bond acceptors (Lipinski definition) is 4. The van der Waals surface area contributed by atoms with Gasteiger partial charge >= 0.3 is 0 Å². The van der Waals surface area contributed by atoms with Gasteiger partial charge in [0.15, 0.2) is 0 Å². The number of nitrogens with zero attached hydrogens (tertiary/aromatic N) is 1. The van der Waals surface area contributed by atoms with Gasteiger partial charge < -0.3 is 9.64 Å². The molecule has 0 heterocycles. The van der Waals surface area contributed by atoms with Crippen LogP contribution in [0.3, 0.4) is 0 Å². The summed E-state index contributed by atoms with van der Waals surface area (Å²) in [5, 5.41) is 0.493. The van der Waals surface area contributed by atoms with E-state index in [2.05, 4.69) is 0 Å². The van der Waals surface area contributed by atoms with E-state index in [9.17, 15) is 8.42 Å². The average Bonchev–Trinajstić information content (AvgIpc) is 2.47. The summed E-state index contributed by atoms with van der Waals surface area (Å²) in [6.45, 7) is 0. The molecule has 0 saturated heterocycles. The zero-order valence-electron chi connectivity index (χ0n) is 12.0. The second kappa shape index (κ2) is 5.95. The van der Waals surface area contributed by atoms with E-state index in [0.29, 0.717) is 16.5 Å². The van der Waals surface area contributed by atoms with Crippen molar-refractivity contribution in [2.24, 2.45) is 0 Å². The Labute approximate surface area is 129 Å². The Bertz CT molecular complexity index is 740. The Hall–Kier alpha value is -1.72. The highest BCUT2D eigenvalue weighted by atomic mass is 35.5. The minimum Gasteiger partial charge on any atom is -0.497 e. The van der Waals surface area contributed by atoms with Gasteiger partial charge in [0.1, 0.15) is 5.75 Å². The van der Waals surface area contributed by atoms with Gasteiger partial charge in [-0.3, -0.25) is 0 Å². The van der Waals surface area contributed by atoms with E-state index in [-0.39, 0.29) is 9.79 Å². The molecule has 2 aromatic carbocycles. The number of halogens is 1. The van der Waals surface area contributed by atoms with E-state index >= 15 is 0 Å². The van der Waals surface area contributed by atoms with Gasteiger partial charge in [-0.2, -0.15) is 0 Å². The normalized spacial score (nSPS) is 11.2. The summed E-state index contributed by atoms with van der Waals surface area (Å²) >= 11 is 5.81. The maximum Gasteiger partial charge on any atom is 0.208 e. The Balaban J connectivity index is 2.65. The molecule has 0 aliphatic carbocycles. The second-order valence-electron chi connectivity index (χ2n) is 4.69. The van der Waals surface area contributed by atoms with Gasteiger partial charge in [0.25, 0.3) is 0 Å². The van der Waals surface area contributed by atoms with Crippen molar-refractivity contribution in [1.82, 2.24) is 0 Å². The first-order chi connectivity index (χ1) is 9.86. The second-order valence-corrected chi connectivity index (χ2v) is 7.04. The minimum atomic E-state index is -3.64. The smallest absolute Gasteiger partial charge is 0.208 e. The fraction of sp³-hybridized carbons (Fsp3) is 0.200. The van der Waals surface area contributed by atoms with Gasteiger partial charge in [0.05, 0.1) is 22.6 Å². The standard InChI is InChI=1S/C15H16ClNO3S/c1-17(2)14-9-6-12(20-3)10-15(14)21(18,19)13-7-4-11(16)5-8-13/h4-10H,1-3H3. The number of methoxy groups -OCH3 is 1. The number of anilines is 1. The van der Waals surface area contributed by atoms with Crippen LogP contribution in [0.15, 0.2) is 52.3 Å². The molecule has 0 aromatic heterocycles. The van der Waals surface area contributed by atoms with Crippen molar-refractivity contribution in [2.45, 2.75) is 9.79 Å². The predicted octanol–water partition coefficient (Wildman–Crippen LogP) is 3.25. The van der Waals surface area contributed by atoms with E-state index in [1.165, 1.54) is 25.3 Å². The molecule has 0 aliphatic rings. The Kier molecular flexibility index (Phi) is 4.44. The molecule has 112 valence electrons. The highest BCUT2D eigenvalue weighted by Crippen LogP contribution is 2.32. The summed E-state index contributed by atoms with van der Waals surface area (Å²) < 4.78 is 30.8. The number of ether oxygens (including phenoxy) is 1. The Morgan fingerprint density at radius 2 is 1.67 bits per heavy atom. The first kappa shape index (κ1) is 15.7. The van der Waals surface area contributed by atoms with Crippen LogP contribution in [0.25, 0.3) is 0 Å². The van der Waals surface area contributed by atoms with Gasteiger partial charge in [0, 0.05) is 25.2 Å². The average molecular weight is 326 g/mol.